The number of halogens is 1. The van der Waals surface area contributed by atoms with E-state index >= 15 is 0 Å². The quantitative estimate of drug-likeness (QED) is 0.314. The van der Waals surface area contributed by atoms with Gasteiger partial charge in [-0.3, -0.25) is 9.36 Å². The summed E-state index contributed by atoms with van der Waals surface area (Å²) in [5.74, 6) is -0.527. The summed E-state index contributed by atoms with van der Waals surface area (Å²) < 4.78 is 22.3. The van der Waals surface area contributed by atoms with Crippen molar-refractivity contribution in [2.24, 2.45) is 0 Å². The van der Waals surface area contributed by atoms with Crippen molar-refractivity contribution >= 4 is 17.1 Å². The van der Waals surface area contributed by atoms with Crippen molar-refractivity contribution in [3.63, 3.8) is 0 Å². The van der Waals surface area contributed by atoms with E-state index in [4.69, 9.17) is 4.74 Å². The Hall–Kier alpha value is -4.51. The monoisotopic (exact) mass is 603 g/mol. The fraction of sp³-hybridized carbons (Fsp3) is 0.394. The van der Waals surface area contributed by atoms with Gasteiger partial charge in [0.25, 0.3) is 5.56 Å². The molecule has 0 saturated heterocycles. The number of carbonyl (C=O) groups is 1. The van der Waals surface area contributed by atoms with Gasteiger partial charge in [0.1, 0.15) is 17.2 Å². The number of alkyl carbamates (subject to hydrolysis) is 1. The van der Waals surface area contributed by atoms with Crippen LogP contribution in [0.1, 0.15) is 58.1 Å². The minimum absolute atomic E-state index is 0.00179. The van der Waals surface area contributed by atoms with Crippen molar-refractivity contribution in [2.45, 2.75) is 70.7 Å². The van der Waals surface area contributed by atoms with Gasteiger partial charge in [-0.1, -0.05) is 18.2 Å². The van der Waals surface area contributed by atoms with Gasteiger partial charge in [-0.15, -0.1) is 0 Å². The Morgan fingerprint density at radius 2 is 1.82 bits per heavy atom. The highest BCUT2D eigenvalue weighted by Crippen LogP contribution is 2.31. The molecule has 0 bridgehead atoms. The normalized spacial score (nSPS) is 17.2. The fourth-order valence-corrected chi connectivity index (χ4v) is 5.84. The first-order valence-electron chi connectivity index (χ1n) is 14.7. The van der Waals surface area contributed by atoms with E-state index in [1.165, 1.54) is 9.13 Å². The Kier molecular flexibility index (Phi) is 8.60. The number of rotatable bonds is 6. The molecule has 5 rings (SSSR count). The average Bonchev–Trinajstić information content (AvgIpc) is 2.93. The van der Waals surface area contributed by atoms with Gasteiger partial charge in [-0.25, -0.2) is 23.5 Å². The number of aromatic nitrogens is 3. The van der Waals surface area contributed by atoms with Crippen molar-refractivity contribution in [1.82, 2.24) is 24.3 Å². The maximum Gasteiger partial charge on any atom is 0.407 e. The third-order valence-electron chi connectivity index (χ3n) is 7.67. The first-order chi connectivity index (χ1) is 20.8. The van der Waals surface area contributed by atoms with Crippen molar-refractivity contribution in [1.29, 1.82) is 0 Å². The van der Waals surface area contributed by atoms with Crippen LogP contribution in [0.15, 0.2) is 64.3 Å². The molecule has 0 radical (unpaired) electrons. The number of hydrogen-bond donors (Lipinski definition) is 2. The Morgan fingerprint density at radius 3 is 2.50 bits per heavy atom. The van der Waals surface area contributed by atoms with Crippen LogP contribution in [0.2, 0.25) is 0 Å². The van der Waals surface area contributed by atoms with Gasteiger partial charge >= 0.3 is 11.8 Å². The van der Waals surface area contributed by atoms with Crippen molar-refractivity contribution < 1.29 is 19.0 Å². The van der Waals surface area contributed by atoms with Crippen LogP contribution >= 0.6 is 0 Å². The number of carbonyl (C=O) groups excluding carboxylic acids is 1. The predicted octanol–water partition coefficient (Wildman–Crippen LogP) is 5.13. The minimum atomic E-state index is -0.678. The lowest BCUT2D eigenvalue weighted by molar-refractivity contribution is 0.0487. The van der Waals surface area contributed by atoms with E-state index in [1.54, 1.807) is 39.0 Å². The lowest BCUT2D eigenvalue weighted by atomic mass is 9.91. The molecule has 1 fully saturated rings. The number of hydrogen-bond acceptors (Lipinski definition) is 7. The van der Waals surface area contributed by atoms with Gasteiger partial charge in [-0.05, 0) is 108 Å². The summed E-state index contributed by atoms with van der Waals surface area (Å²) in [6, 6.07) is 13.0. The van der Waals surface area contributed by atoms with E-state index in [2.05, 4.69) is 10.3 Å². The first-order valence-corrected chi connectivity index (χ1v) is 14.7. The van der Waals surface area contributed by atoms with E-state index < -0.39 is 34.8 Å². The second-order valence-electron chi connectivity index (χ2n) is 12.6. The molecule has 10 nitrogen and oxygen atoms in total. The van der Waals surface area contributed by atoms with Gasteiger partial charge in [0.2, 0.25) is 0 Å². The van der Waals surface area contributed by atoms with Crippen LogP contribution < -0.4 is 16.6 Å². The molecule has 0 unspecified atom stereocenters. The fourth-order valence-electron chi connectivity index (χ4n) is 5.84. The number of fused-ring (bicyclic) bond motifs is 1. The Morgan fingerprint density at radius 1 is 1.09 bits per heavy atom. The number of pyridine rings is 1. The van der Waals surface area contributed by atoms with Crippen molar-refractivity contribution in [3.05, 3.63) is 86.9 Å². The summed E-state index contributed by atoms with van der Waals surface area (Å²) in [7, 11) is 3.87. The summed E-state index contributed by atoms with van der Waals surface area (Å²) in [5, 5.41) is 13.0. The first kappa shape index (κ1) is 30.9. The zero-order valence-electron chi connectivity index (χ0n) is 25.6. The van der Waals surface area contributed by atoms with Crippen LogP contribution in [0.25, 0.3) is 27.8 Å². The highest BCUT2D eigenvalue weighted by Gasteiger charge is 2.29. The summed E-state index contributed by atoms with van der Waals surface area (Å²) in [6.45, 7) is 5.96. The SMILES string of the molecule is CN(C)Cc1cc(O)ccc1-c1cccc(-n2c(=O)n(C3CCC(NC(=O)OC(C)(C)C)CC3)c(=O)c3cc(F)cnc32)c1. The van der Waals surface area contributed by atoms with Crippen LogP contribution in [-0.4, -0.2) is 56.0 Å². The maximum atomic E-state index is 14.4. The number of nitrogens with one attached hydrogen (secondary N) is 1. The summed E-state index contributed by atoms with van der Waals surface area (Å²) >= 11 is 0. The Bertz CT molecular complexity index is 1820. The van der Waals surface area contributed by atoms with E-state index in [0.29, 0.717) is 37.9 Å². The number of phenolic OH excluding ortho intramolecular Hbond substituents is 1. The number of ether oxygens (including phenoxy) is 1. The summed E-state index contributed by atoms with van der Waals surface area (Å²) in [5.41, 5.74) is 1.31. The minimum Gasteiger partial charge on any atom is -0.508 e. The summed E-state index contributed by atoms with van der Waals surface area (Å²) in [6.07, 6.45) is 2.50. The molecule has 1 amide bonds. The van der Waals surface area contributed by atoms with Gasteiger partial charge in [-0.2, -0.15) is 0 Å². The Balaban J connectivity index is 1.55. The zero-order chi connectivity index (χ0) is 31.8. The highest BCUT2D eigenvalue weighted by atomic mass is 19.1. The topological polar surface area (TPSA) is 119 Å². The largest absolute Gasteiger partial charge is 0.508 e. The molecule has 2 N–H and O–H groups in total. The second kappa shape index (κ2) is 12.2. The lowest BCUT2D eigenvalue weighted by Gasteiger charge is -2.31. The molecule has 1 saturated carbocycles. The standard InChI is InChI=1S/C33H38FN5O5/c1-33(2,3)44-31(42)36-23-9-11-24(12-10-23)39-30(41)28-17-22(34)18-35-29(28)38(32(39)43)25-8-6-7-20(15-25)27-14-13-26(40)16-21(27)19-37(4)5/h6-8,13-18,23-24,40H,9-12,19H2,1-5H3,(H,36,42). The number of nitrogens with zero attached hydrogens (tertiary/aromatic N) is 4. The van der Waals surface area contributed by atoms with E-state index in [9.17, 15) is 23.9 Å². The number of benzene rings is 2. The molecule has 2 heterocycles. The third kappa shape index (κ3) is 6.67. The highest BCUT2D eigenvalue weighted by molar-refractivity contribution is 5.77. The molecular weight excluding hydrogens is 565 g/mol. The number of phenols is 1. The van der Waals surface area contributed by atoms with Crippen LogP contribution in [0, 0.1) is 5.82 Å². The number of amides is 1. The smallest absolute Gasteiger partial charge is 0.407 e. The van der Waals surface area contributed by atoms with E-state index in [0.717, 1.165) is 29.0 Å². The van der Waals surface area contributed by atoms with E-state index in [-0.39, 0.29) is 22.8 Å². The second-order valence-corrected chi connectivity index (χ2v) is 12.6. The van der Waals surface area contributed by atoms with Crippen LogP contribution in [-0.2, 0) is 11.3 Å². The van der Waals surface area contributed by atoms with Crippen molar-refractivity contribution in [3.8, 4) is 22.6 Å². The molecule has 232 valence electrons. The molecule has 2 aromatic carbocycles. The van der Waals surface area contributed by atoms with Gasteiger partial charge in [0.15, 0.2) is 5.65 Å². The van der Waals surface area contributed by atoms with Gasteiger partial charge in [0.05, 0.1) is 17.3 Å². The lowest BCUT2D eigenvalue weighted by Crippen LogP contribution is -2.45. The molecule has 11 heteroatoms. The maximum absolute atomic E-state index is 14.4. The molecule has 1 aliphatic rings. The van der Waals surface area contributed by atoms with Crippen LogP contribution in [0.5, 0.6) is 5.75 Å². The van der Waals surface area contributed by atoms with Gasteiger partial charge < -0.3 is 20.1 Å². The molecule has 2 aromatic heterocycles. The molecule has 0 atom stereocenters. The molecule has 0 aliphatic heterocycles. The van der Waals surface area contributed by atoms with Crippen molar-refractivity contribution in [2.75, 3.05) is 14.1 Å². The molecule has 0 spiro atoms. The molecule has 1 aliphatic carbocycles. The summed E-state index contributed by atoms with van der Waals surface area (Å²) in [4.78, 5) is 46.3. The van der Waals surface area contributed by atoms with Gasteiger partial charge in [0, 0.05) is 18.6 Å². The third-order valence-corrected chi connectivity index (χ3v) is 7.67. The zero-order valence-corrected chi connectivity index (χ0v) is 25.6. The van der Waals surface area contributed by atoms with Crippen LogP contribution in [0.4, 0.5) is 9.18 Å². The average molecular weight is 604 g/mol. The molecule has 4 aromatic rings. The molecule has 44 heavy (non-hydrogen) atoms. The van der Waals surface area contributed by atoms with E-state index in [1.807, 2.05) is 43.3 Å². The molecular formula is C33H38FN5O5. The number of aromatic hydroxyl groups is 1. The Labute approximate surface area is 254 Å². The predicted molar refractivity (Wildman–Crippen MR) is 167 cm³/mol. The van der Waals surface area contributed by atoms with Crippen LogP contribution in [0.3, 0.4) is 0 Å².